The minimum absolute atomic E-state index is 0.000115. The van der Waals surface area contributed by atoms with Crippen LogP contribution in [0, 0.1) is 17.8 Å². The second kappa shape index (κ2) is 15.8. The molecule has 4 aliphatic carbocycles. The summed E-state index contributed by atoms with van der Waals surface area (Å²) in [5.74, 6) is 2.35. The number of nitrogens with zero attached hydrogens (tertiary/aromatic N) is 2. The normalized spacial score (nSPS) is 28.5. The number of hydrogen-bond acceptors (Lipinski definition) is 6. The lowest BCUT2D eigenvalue weighted by atomic mass is 9.53. The Hall–Kier alpha value is -4.74. The molecule has 302 valence electrons. The third-order valence-corrected chi connectivity index (χ3v) is 13.9. The van der Waals surface area contributed by atoms with Crippen LogP contribution in [0.2, 0.25) is 0 Å². The number of urea groups is 1. The number of amides is 2. The van der Waals surface area contributed by atoms with E-state index in [-0.39, 0.29) is 42.1 Å². The minimum atomic E-state index is -0.568. The standard InChI is InChI=1S/C48H55N5O5/c54-30-31-11-13-36(14-12-31)44-24-41(29-52-17-15-40(16-18-52)53-43-10-2-1-9-42(43)50-47(53)56)57-45(58-44)39-8-4-7-38(23-39)37-6-3-5-32(22-37)28-49-46(55)51-48-25-33-19-34(26-48)21-35(20-33)27-48/h1-14,22-23,33-35,40-41,44-45,54H,15-21,24-30H2,(H,50,56)(H2,49,51,55). The number of carbonyl (C=O) groups is 1. The van der Waals surface area contributed by atoms with E-state index < -0.39 is 6.29 Å². The maximum Gasteiger partial charge on any atom is 0.326 e. The minimum Gasteiger partial charge on any atom is -0.392 e. The summed E-state index contributed by atoms with van der Waals surface area (Å²) in [4.78, 5) is 31.7. The van der Waals surface area contributed by atoms with Crippen LogP contribution in [0.15, 0.2) is 102 Å². The van der Waals surface area contributed by atoms with E-state index in [4.69, 9.17) is 9.47 Å². The lowest BCUT2D eigenvalue weighted by Gasteiger charge is -2.56. The van der Waals surface area contributed by atoms with Crippen LogP contribution in [0.4, 0.5) is 4.79 Å². The number of likely N-dealkylation sites (tertiary alicyclic amines) is 1. The van der Waals surface area contributed by atoms with Crippen molar-refractivity contribution >= 4 is 17.1 Å². The predicted molar refractivity (Wildman–Crippen MR) is 224 cm³/mol. The first kappa shape index (κ1) is 37.5. The molecule has 6 fully saturated rings. The van der Waals surface area contributed by atoms with E-state index >= 15 is 0 Å². The third-order valence-electron chi connectivity index (χ3n) is 13.9. The molecule has 10 heteroatoms. The van der Waals surface area contributed by atoms with Gasteiger partial charge in [-0.25, -0.2) is 9.59 Å². The van der Waals surface area contributed by atoms with Gasteiger partial charge in [0.25, 0.3) is 0 Å². The molecule has 3 heterocycles. The average Bonchev–Trinajstić information content (AvgIpc) is 3.58. The Morgan fingerprint density at radius 1 is 0.776 bits per heavy atom. The molecule has 2 amide bonds. The number of H-pyrrole nitrogens is 1. The zero-order valence-electron chi connectivity index (χ0n) is 33.2. The Morgan fingerprint density at radius 2 is 1.48 bits per heavy atom. The van der Waals surface area contributed by atoms with E-state index in [9.17, 15) is 14.7 Å². The fourth-order valence-electron chi connectivity index (χ4n) is 11.6. The number of imidazole rings is 1. The molecule has 58 heavy (non-hydrogen) atoms. The molecule has 1 aromatic heterocycles. The van der Waals surface area contributed by atoms with Crippen molar-refractivity contribution in [2.75, 3.05) is 19.6 Å². The SMILES string of the molecule is O=C(NCc1cccc(-c2cccc(C3OC(CN4CCC(n5c(=O)[nH]c6ccccc65)CC4)CC(c4ccc(CO)cc4)O3)c2)c1)NC12CC3CC(CC(C3)C1)C2. The van der Waals surface area contributed by atoms with Gasteiger partial charge in [0.1, 0.15) is 0 Å². The van der Waals surface area contributed by atoms with Gasteiger partial charge in [0.05, 0.1) is 29.8 Å². The number of para-hydroxylation sites is 2. The maximum atomic E-state index is 13.2. The molecule has 11 rings (SSSR count). The number of aliphatic hydroxyl groups is 1. The second-order valence-corrected chi connectivity index (χ2v) is 18.0. The summed E-state index contributed by atoms with van der Waals surface area (Å²) in [6.45, 7) is 2.99. The quantitative estimate of drug-likeness (QED) is 0.114. The molecule has 4 N–H and O–H groups in total. The van der Waals surface area contributed by atoms with Crippen LogP contribution < -0.4 is 16.3 Å². The number of piperidine rings is 1. The third kappa shape index (κ3) is 7.75. The van der Waals surface area contributed by atoms with Gasteiger partial charge in [0.15, 0.2) is 6.29 Å². The summed E-state index contributed by atoms with van der Waals surface area (Å²) in [6, 6.07) is 32.9. The molecular formula is C48H55N5O5. The van der Waals surface area contributed by atoms with Crippen LogP contribution in [0.5, 0.6) is 0 Å². The number of carbonyl (C=O) groups excluding carboxylic acids is 1. The Kier molecular flexibility index (Phi) is 10.2. The Labute approximate surface area is 339 Å². The molecule has 4 bridgehead atoms. The molecular weight excluding hydrogens is 727 g/mol. The fourth-order valence-corrected chi connectivity index (χ4v) is 11.6. The van der Waals surface area contributed by atoms with Gasteiger partial charge in [-0.05, 0) is 121 Å². The fraction of sp³-hybridized carbons (Fsp3) is 0.458. The van der Waals surface area contributed by atoms with Crippen molar-refractivity contribution in [3.05, 3.63) is 130 Å². The summed E-state index contributed by atoms with van der Waals surface area (Å²) in [7, 11) is 0. The summed E-state index contributed by atoms with van der Waals surface area (Å²) in [6.07, 6.45) is 9.15. The van der Waals surface area contributed by atoms with Crippen LogP contribution in [0.25, 0.3) is 22.2 Å². The summed E-state index contributed by atoms with van der Waals surface area (Å²) in [5, 5.41) is 16.3. The van der Waals surface area contributed by atoms with Crippen LogP contribution in [0.1, 0.15) is 98.5 Å². The molecule has 3 atom stereocenters. The maximum absolute atomic E-state index is 13.2. The molecule has 4 aromatic carbocycles. The number of aromatic amines is 1. The van der Waals surface area contributed by atoms with Crippen molar-refractivity contribution in [3.63, 3.8) is 0 Å². The Morgan fingerprint density at radius 3 is 2.22 bits per heavy atom. The predicted octanol–water partition coefficient (Wildman–Crippen LogP) is 8.14. The number of aromatic nitrogens is 2. The highest BCUT2D eigenvalue weighted by molar-refractivity contribution is 5.76. The summed E-state index contributed by atoms with van der Waals surface area (Å²) >= 11 is 0. The van der Waals surface area contributed by atoms with Gasteiger partial charge in [-0.1, -0.05) is 72.8 Å². The Balaban J connectivity index is 0.818. The van der Waals surface area contributed by atoms with Gasteiger partial charge < -0.3 is 35.1 Å². The van der Waals surface area contributed by atoms with Crippen molar-refractivity contribution in [1.82, 2.24) is 25.1 Å². The van der Waals surface area contributed by atoms with Crippen molar-refractivity contribution in [2.45, 2.75) is 101 Å². The van der Waals surface area contributed by atoms with Crippen molar-refractivity contribution in [2.24, 2.45) is 17.8 Å². The molecule has 2 aliphatic heterocycles. The lowest BCUT2D eigenvalue weighted by molar-refractivity contribution is -0.253. The van der Waals surface area contributed by atoms with Crippen molar-refractivity contribution < 1.29 is 19.4 Å². The van der Waals surface area contributed by atoms with Gasteiger partial charge in [-0.15, -0.1) is 0 Å². The zero-order valence-corrected chi connectivity index (χ0v) is 33.2. The van der Waals surface area contributed by atoms with Gasteiger partial charge in [0, 0.05) is 49.7 Å². The van der Waals surface area contributed by atoms with Gasteiger partial charge in [-0.3, -0.25) is 4.57 Å². The molecule has 4 saturated carbocycles. The van der Waals surface area contributed by atoms with E-state index in [0.29, 0.717) is 13.0 Å². The average molecular weight is 782 g/mol. The number of ether oxygens (including phenoxy) is 2. The summed E-state index contributed by atoms with van der Waals surface area (Å²) < 4.78 is 15.5. The second-order valence-electron chi connectivity index (χ2n) is 18.0. The summed E-state index contributed by atoms with van der Waals surface area (Å²) in [5.41, 5.74) is 7.88. The Bertz CT molecular complexity index is 2270. The van der Waals surface area contributed by atoms with Crippen LogP contribution in [-0.4, -0.2) is 56.9 Å². The highest BCUT2D eigenvalue weighted by atomic mass is 16.7. The van der Waals surface area contributed by atoms with Crippen molar-refractivity contribution in [3.8, 4) is 11.1 Å². The van der Waals surface area contributed by atoms with Crippen LogP contribution >= 0.6 is 0 Å². The monoisotopic (exact) mass is 781 g/mol. The highest BCUT2D eigenvalue weighted by Gasteiger charge is 2.51. The first-order valence-electron chi connectivity index (χ1n) is 21.5. The van der Waals surface area contributed by atoms with Gasteiger partial charge >= 0.3 is 11.7 Å². The highest BCUT2D eigenvalue weighted by Crippen LogP contribution is 2.55. The molecule has 0 radical (unpaired) electrons. The van der Waals surface area contributed by atoms with E-state index in [2.05, 4.69) is 81.2 Å². The van der Waals surface area contributed by atoms with E-state index in [1.807, 2.05) is 41.0 Å². The number of nitrogens with one attached hydrogen (secondary N) is 3. The molecule has 2 saturated heterocycles. The molecule has 0 spiro atoms. The molecule has 5 aromatic rings. The largest absolute Gasteiger partial charge is 0.392 e. The molecule has 6 aliphatic rings. The lowest BCUT2D eigenvalue weighted by Crippen LogP contribution is -2.61. The van der Waals surface area contributed by atoms with E-state index in [1.165, 1.54) is 19.3 Å². The van der Waals surface area contributed by atoms with Gasteiger partial charge in [0.2, 0.25) is 0 Å². The first-order chi connectivity index (χ1) is 28.3. The number of benzene rings is 4. The molecule has 3 unspecified atom stereocenters. The smallest absolute Gasteiger partial charge is 0.326 e. The number of hydrogen-bond donors (Lipinski definition) is 4. The van der Waals surface area contributed by atoms with Crippen molar-refractivity contribution in [1.29, 1.82) is 0 Å². The topological polar surface area (TPSA) is 121 Å². The zero-order chi connectivity index (χ0) is 39.2. The van der Waals surface area contributed by atoms with E-state index in [1.54, 1.807) is 0 Å². The number of fused-ring (bicyclic) bond motifs is 1. The number of aliphatic hydroxyl groups excluding tert-OH is 1. The van der Waals surface area contributed by atoms with Gasteiger partial charge in [-0.2, -0.15) is 0 Å². The van der Waals surface area contributed by atoms with Crippen LogP contribution in [-0.2, 0) is 22.6 Å². The number of rotatable bonds is 10. The van der Waals surface area contributed by atoms with Crippen LogP contribution in [0.3, 0.4) is 0 Å². The van der Waals surface area contributed by atoms with E-state index in [0.717, 1.165) is 114 Å². The first-order valence-corrected chi connectivity index (χ1v) is 21.5. The molecule has 10 nitrogen and oxygen atoms in total.